The number of carbonyl (C=O) groups excluding carboxylic acids is 1. The normalized spacial score (nSPS) is 13.1. The summed E-state index contributed by atoms with van der Waals surface area (Å²) in [5, 5.41) is 0. The lowest BCUT2D eigenvalue weighted by atomic mass is 9.76. The number of hydrogen-bond acceptors (Lipinski definition) is 2. The van der Waals surface area contributed by atoms with Gasteiger partial charge in [-0.2, -0.15) is 0 Å². The van der Waals surface area contributed by atoms with Crippen molar-refractivity contribution in [3.05, 3.63) is 12.2 Å². The molecule has 0 aliphatic rings. The Morgan fingerprint density at radius 3 is 1.82 bits per heavy atom. The van der Waals surface area contributed by atoms with Crippen LogP contribution in [-0.2, 0) is 9.53 Å². The van der Waals surface area contributed by atoms with E-state index in [9.17, 15) is 4.79 Å². The maximum absolute atomic E-state index is 11.6. The van der Waals surface area contributed by atoms with Crippen LogP contribution < -0.4 is 0 Å². The second-order valence-electron chi connectivity index (χ2n) is 8.31. The number of rotatable bonds is 10. The van der Waals surface area contributed by atoms with Gasteiger partial charge in [-0.05, 0) is 44.9 Å². The summed E-state index contributed by atoms with van der Waals surface area (Å²) < 4.78 is 5.39. The largest absolute Gasteiger partial charge is 0.462 e. The molecule has 0 aliphatic carbocycles. The minimum atomic E-state index is -0.822. The molecule has 0 bridgehead atoms. The third-order valence-electron chi connectivity index (χ3n) is 4.68. The van der Waals surface area contributed by atoms with E-state index < -0.39 is 7.26 Å². The van der Waals surface area contributed by atoms with Crippen molar-refractivity contribution in [3.63, 3.8) is 0 Å². The standard InChI is InChI=1S/C19H38O2P/c1-10-22(11-2,12-3)15-19(8,9)13-18(6,7)14-21-17(20)16(4)5/h4,10-15H2,1-3,5-9H3/q+1. The summed E-state index contributed by atoms with van der Waals surface area (Å²) >= 11 is 0. The molecule has 0 saturated carbocycles. The average Bonchev–Trinajstić information content (AvgIpc) is 2.41. The van der Waals surface area contributed by atoms with Gasteiger partial charge in [-0.25, -0.2) is 4.79 Å². The Morgan fingerprint density at radius 2 is 1.45 bits per heavy atom. The van der Waals surface area contributed by atoms with E-state index in [2.05, 4.69) is 55.0 Å². The molecular weight excluding hydrogens is 291 g/mol. The maximum Gasteiger partial charge on any atom is 0.333 e. The quantitative estimate of drug-likeness (QED) is 0.295. The smallest absolute Gasteiger partial charge is 0.333 e. The van der Waals surface area contributed by atoms with E-state index in [4.69, 9.17) is 4.74 Å². The number of carbonyl (C=O) groups is 1. The molecule has 0 aromatic carbocycles. The molecule has 0 rings (SSSR count). The fourth-order valence-electron chi connectivity index (χ4n) is 3.70. The maximum atomic E-state index is 11.6. The van der Waals surface area contributed by atoms with Crippen LogP contribution in [0.2, 0.25) is 0 Å². The highest BCUT2D eigenvalue weighted by atomic mass is 31.2. The van der Waals surface area contributed by atoms with Crippen molar-refractivity contribution in [2.24, 2.45) is 10.8 Å². The Labute approximate surface area is 139 Å². The lowest BCUT2D eigenvalue weighted by Crippen LogP contribution is -2.32. The van der Waals surface area contributed by atoms with Gasteiger partial charge in [0, 0.05) is 12.8 Å². The van der Waals surface area contributed by atoms with E-state index in [1.54, 1.807) is 6.92 Å². The van der Waals surface area contributed by atoms with Crippen LogP contribution in [-0.4, -0.2) is 37.2 Å². The van der Waals surface area contributed by atoms with Gasteiger partial charge < -0.3 is 4.74 Å². The first-order chi connectivity index (χ1) is 9.92. The molecule has 130 valence electrons. The molecule has 22 heavy (non-hydrogen) atoms. The van der Waals surface area contributed by atoms with Crippen LogP contribution in [0.3, 0.4) is 0 Å². The Balaban J connectivity index is 4.79. The zero-order chi connectivity index (χ0) is 17.6. The molecule has 0 radical (unpaired) electrons. The molecule has 0 aliphatic heterocycles. The van der Waals surface area contributed by atoms with Crippen molar-refractivity contribution in [2.75, 3.05) is 31.3 Å². The topological polar surface area (TPSA) is 26.3 Å². The molecule has 0 amide bonds. The Hall–Kier alpha value is -0.360. The van der Waals surface area contributed by atoms with Crippen LogP contribution in [0.5, 0.6) is 0 Å². The van der Waals surface area contributed by atoms with Crippen LogP contribution >= 0.6 is 7.26 Å². The van der Waals surface area contributed by atoms with Gasteiger partial charge in [0.1, 0.15) is 0 Å². The van der Waals surface area contributed by atoms with Crippen molar-refractivity contribution < 1.29 is 9.53 Å². The Kier molecular flexibility index (Phi) is 8.34. The molecule has 3 heteroatoms. The van der Waals surface area contributed by atoms with E-state index in [-0.39, 0.29) is 16.8 Å². The molecule has 0 saturated heterocycles. The van der Waals surface area contributed by atoms with Gasteiger partial charge in [-0.3, -0.25) is 0 Å². The first-order valence-electron chi connectivity index (χ1n) is 8.60. The zero-order valence-electron chi connectivity index (χ0n) is 16.2. The third kappa shape index (κ3) is 7.27. The molecule has 0 atom stereocenters. The molecular formula is C19H38O2P+. The number of ether oxygens (including phenoxy) is 1. The van der Waals surface area contributed by atoms with Gasteiger partial charge in [-0.15, -0.1) is 0 Å². The van der Waals surface area contributed by atoms with Gasteiger partial charge in [0.25, 0.3) is 0 Å². The van der Waals surface area contributed by atoms with Crippen molar-refractivity contribution in [1.82, 2.24) is 0 Å². The van der Waals surface area contributed by atoms with Gasteiger partial charge in [0.2, 0.25) is 0 Å². The molecule has 0 aromatic rings. The van der Waals surface area contributed by atoms with Gasteiger partial charge in [-0.1, -0.05) is 34.3 Å². The minimum absolute atomic E-state index is 0.000502. The van der Waals surface area contributed by atoms with Gasteiger partial charge >= 0.3 is 5.97 Å². The first kappa shape index (κ1) is 21.6. The van der Waals surface area contributed by atoms with E-state index in [0.29, 0.717) is 12.2 Å². The van der Waals surface area contributed by atoms with Gasteiger partial charge in [0.15, 0.2) is 0 Å². The predicted molar refractivity (Wildman–Crippen MR) is 101 cm³/mol. The highest BCUT2D eigenvalue weighted by Gasteiger charge is 2.41. The van der Waals surface area contributed by atoms with E-state index in [0.717, 1.165) is 6.42 Å². The summed E-state index contributed by atoms with van der Waals surface area (Å²) in [5.41, 5.74) is 0.761. The zero-order valence-corrected chi connectivity index (χ0v) is 17.1. The molecule has 0 unspecified atom stereocenters. The lowest BCUT2D eigenvalue weighted by molar-refractivity contribution is -0.142. The van der Waals surface area contributed by atoms with Gasteiger partial charge in [0.05, 0.1) is 31.3 Å². The van der Waals surface area contributed by atoms with Crippen LogP contribution in [0.4, 0.5) is 0 Å². The second kappa shape index (κ2) is 8.48. The SMILES string of the molecule is C=C(C)C(=O)OCC(C)(C)CC(C)(C)C[P+](CC)(CC)CC. The summed E-state index contributed by atoms with van der Waals surface area (Å²) in [6, 6.07) is 0. The fourth-order valence-corrected chi connectivity index (χ4v) is 7.64. The molecule has 0 N–H and O–H groups in total. The van der Waals surface area contributed by atoms with E-state index in [1.165, 1.54) is 24.6 Å². The Bertz CT molecular complexity index is 371. The number of hydrogen-bond donors (Lipinski definition) is 0. The highest BCUT2D eigenvalue weighted by molar-refractivity contribution is 7.75. The molecule has 0 fully saturated rings. The Morgan fingerprint density at radius 1 is 1.00 bits per heavy atom. The molecule has 0 heterocycles. The van der Waals surface area contributed by atoms with Crippen LogP contribution in [0.1, 0.15) is 61.8 Å². The predicted octanol–water partition coefficient (Wildman–Crippen LogP) is 5.63. The van der Waals surface area contributed by atoms with Crippen LogP contribution in [0.25, 0.3) is 0 Å². The van der Waals surface area contributed by atoms with Crippen LogP contribution in [0.15, 0.2) is 12.2 Å². The molecule has 0 spiro atoms. The summed E-state index contributed by atoms with van der Waals surface area (Å²) in [4.78, 5) is 11.6. The highest BCUT2D eigenvalue weighted by Crippen LogP contribution is 2.62. The van der Waals surface area contributed by atoms with Crippen molar-refractivity contribution in [2.45, 2.75) is 61.8 Å². The lowest BCUT2D eigenvalue weighted by Gasteiger charge is -2.38. The van der Waals surface area contributed by atoms with E-state index >= 15 is 0 Å². The van der Waals surface area contributed by atoms with E-state index in [1.807, 2.05) is 0 Å². The monoisotopic (exact) mass is 329 g/mol. The van der Waals surface area contributed by atoms with Crippen LogP contribution in [0, 0.1) is 10.8 Å². The second-order valence-corrected chi connectivity index (χ2v) is 13.2. The van der Waals surface area contributed by atoms with Crippen molar-refractivity contribution in [1.29, 1.82) is 0 Å². The third-order valence-corrected chi connectivity index (χ3v) is 10.2. The summed E-state index contributed by atoms with van der Waals surface area (Å²) in [6.45, 7) is 22.0. The molecule has 2 nitrogen and oxygen atoms in total. The first-order valence-corrected chi connectivity index (χ1v) is 11.1. The summed E-state index contributed by atoms with van der Waals surface area (Å²) in [5.74, 6) is -0.275. The van der Waals surface area contributed by atoms with Crippen molar-refractivity contribution in [3.8, 4) is 0 Å². The fraction of sp³-hybridized carbons (Fsp3) is 0.842. The summed E-state index contributed by atoms with van der Waals surface area (Å²) in [7, 11) is -0.822. The minimum Gasteiger partial charge on any atom is -0.462 e. The number of esters is 1. The average molecular weight is 329 g/mol. The van der Waals surface area contributed by atoms with Crippen molar-refractivity contribution >= 4 is 13.2 Å². The summed E-state index contributed by atoms with van der Waals surface area (Å²) in [6.07, 6.45) is 6.43. The molecule has 0 aromatic heterocycles.